The molecule has 0 saturated carbocycles. The molecule has 2 aromatic rings. The quantitative estimate of drug-likeness (QED) is 0.780. The average Bonchev–Trinajstić information content (AvgIpc) is 3.16. The Labute approximate surface area is 181 Å². The lowest BCUT2D eigenvalue weighted by Gasteiger charge is -2.32. The van der Waals surface area contributed by atoms with Crippen LogP contribution in [0.2, 0.25) is 0 Å². The first-order chi connectivity index (χ1) is 15.0. The van der Waals surface area contributed by atoms with Gasteiger partial charge in [-0.05, 0) is 48.1 Å². The number of aliphatic hydroxyl groups is 1. The number of hydrogen-bond donors (Lipinski definition) is 2. The third-order valence-corrected chi connectivity index (χ3v) is 6.20. The highest BCUT2D eigenvalue weighted by molar-refractivity contribution is 6.02. The van der Waals surface area contributed by atoms with E-state index in [1.807, 2.05) is 17.0 Å². The number of aliphatic hydroxyl groups excluding tert-OH is 1. The van der Waals surface area contributed by atoms with Gasteiger partial charge >= 0.3 is 0 Å². The van der Waals surface area contributed by atoms with Gasteiger partial charge in [-0.25, -0.2) is 0 Å². The summed E-state index contributed by atoms with van der Waals surface area (Å²) in [5.41, 5.74) is 8.94. The monoisotopic (exact) mass is 421 g/mol. The predicted molar refractivity (Wildman–Crippen MR) is 116 cm³/mol. The molecular formula is C24H27N3O4. The van der Waals surface area contributed by atoms with Gasteiger partial charge in [0.25, 0.3) is 11.8 Å². The van der Waals surface area contributed by atoms with E-state index in [2.05, 4.69) is 12.1 Å². The molecule has 0 aromatic heterocycles. The molecule has 2 aromatic carbocycles. The van der Waals surface area contributed by atoms with Gasteiger partial charge in [0.1, 0.15) is 6.10 Å². The number of Topliss-reactive ketones (excluding diaryl/α,β-unsaturated/α-hetero) is 1. The van der Waals surface area contributed by atoms with Crippen LogP contribution in [0.25, 0.3) is 0 Å². The van der Waals surface area contributed by atoms with Crippen molar-refractivity contribution in [1.29, 1.82) is 0 Å². The highest BCUT2D eigenvalue weighted by Gasteiger charge is 2.33. The summed E-state index contributed by atoms with van der Waals surface area (Å²) in [5.74, 6) is -0.401. The largest absolute Gasteiger partial charge is 0.383 e. The third-order valence-electron chi connectivity index (χ3n) is 6.20. The van der Waals surface area contributed by atoms with Crippen LogP contribution in [0.1, 0.15) is 50.6 Å². The number of benzene rings is 2. The standard InChI is InChI=1S/C24H27N3O4/c25-13-16-3-1-4-18(11-16)17-7-9-26(10-8-17)23(30)19-5-2-6-20(12-19)24(31)27-14-21(28)22(29)15-27/h1-6,11-12,17,21,28H,7-10,13-15,25H2/t21-/m1/s1. The smallest absolute Gasteiger partial charge is 0.254 e. The van der Waals surface area contributed by atoms with Crippen LogP contribution in [0, 0.1) is 0 Å². The van der Waals surface area contributed by atoms with E-state index in [-0.39, 0.29) is 30.7 Å². The Hall–Kier alpha value is -3.03. The Morgan fingerprint density at radius 2 is 1.61 bits per heavy atom. The van der Waals surface area contributed by atoms with Gasteiger partial charge in [0, 0.05) is 30.8 Å². The van der Waals surface area contributed by atoms with Gasteiger partial charge in [0.2, 0.25) is 0 Å². The van der Waals surface area contributed by atoms with Gasteiger partial charge in [0.15, 0.2) is 5.78 Å². The molecule has 2 saturated heterocycles. The molecule has 3 N–H and O–H groups in total. The lowest BCUT2D eigenvalue weighted by Crippen LogP contribution is -2.38. The van der Waals surface area contributed by atoms with Gasteiger partial charge < -0.3 is 20.6 Å². The van der Waals surface area contributed by atoms with Crippen molar-refractivity contribution in [2.24, 2.45) is 5.73 Å². The molecule has 0 unspecified atom stereocenters. The highest BCUT2D eigenvalue weighted by Crippen LogP contribution is 2.29. The van der Waals surface area contributed by atoms with Crippen LogP contribution in [-0.2, 0) is 11.3 Å². The minimum atomic E-state index is -1.12. The molecule has 7 nitrogen and oxygen atoms in total. The van der Waals surface area contributed by atoms with E-state index >= 15 is 0 Å². The SMILES string of the molecule is NCc1cccc(C2CCN(C(=O)c3cccc(C(=O)N4CC(=O)[C@H](O)C4)c3)CC2)c1. The number of rotatable bonds is 4. The molecule has 2 fully saturated rings. The molecule has 0 aliphatic carbocycles. The molecule has 2 amide bonds. The van der Waals surface area contributed by atoms with Crippen molar-refractivity contribution < 1.29 is 19.5 Å². The van der Waals surface area contributed by atoms with Crippen LogP contribution in [0.15, 0.2) is 48.5 Å². The van der Waals surface area contributed by atoms with Gasteiger partial charge in [-0.1, -0.05) is 30.3 Å². The molecular weight excluding hydrogens is 394 g/mol. The lowest BCUT2D eigenvalue weighted by atomic mass is 9.88. The van der Waals surface area contributed by atoms with E-state index in [4.69, 9.17) is 5.73 Å². The average molecular weight is 421 g/mol. The van der Waals surface area contributed by atoms with E-state index in [0.717, 1.165) is 18.4 Å². The zero-order valence-electron chi connectivity index (χ0n) is 17.4. The fourth-order valence-corrected chi connectivity index (χ4v) is 4.36. The summed E-state index contributed by atoms with van der Waals surface area (Å²) in [7, 11) is 0. The van der Waals surface area contributed by atoms with Crippen LogP contribution < -0.4 is 5.73 Å². The number of ketones is 1. The second-order valence-corrected chi connectivity index (χ2v) is 8.26. The van der Waals surface area contributed by atoms with Crippen molar-refractivity contribution in [1.82, 2.24) is 9.80 Å². The molecule has 0 bridgehead atoms. The Morgan fingerprint density at radius 3 is 2.23 bits per heavy atom. The maximum absolute atomic E-state index is 13.0. The van der Waals surface area contributed by atoms with Crippen LogP contribution in [0.5, 0.6) is 0 Å². The van der Waals surface area contributed by atoms with Gasteiger partial charge in [-0.2, -0.15) is 0 Å². The first-order valence-corrected chi connectivity index (χ1v) is 10.6. The normalized spacial score (nSPS) is 19.7. The number of nitrogens with zero attached hydrogens (tertiary/aromatic N) is 2. The Bertz CT molecular complexity index is 998. The minimum Gasteiger partial charge on any atom is -0.383 e. The summed E-state index contributed by atoms with van der Waals surface area (Å²) in [4.78, 5) is 40.4. The first kappa shape index (κ1) is 21.2. The Balaban J connectivity index is 1.40. The van der Waals surface area contributed by atoms with E-state index < -0.39 is 6.10 Å². The number of carbonyl (C=O) groups excluding carboxylic acids is 3. The van der Waals surface area contributed by atoms with E-state index in [1.54, 1.807) is 24.3 Å². The van der Waals surface area contributed by atoms with Gasteiger partial charge in [-0.15, -0.1) is 0 Å². The van der Waals surface area contributed by atoms with Crippen molar-refractivity contribution in [3.05, 3.63) is 70.8 Å². The number of β-amino-alcohol motifs (C(OH)–C–C–N with tert-alkyl or cyclic N) is 1. The fraction of sp³-hybridized carbons (Fsp3) is 0.375. The number of carbonyl (C=O) groups is 3. The van der Waals surface area contributed by atoms with Gasteiger partial charge in [-0.3, -0.25) is 14.4 Å². The number of nitrogens with two attached hydrogens (primary N) is 1. The maximum atomic E-state index is 13.0. The van der Waals surface area contributed by atoms with Crippen LogP contribution >= 0.6 is 0 Å². The molecule has 7 heteroatoms. The van der Waals surface area contributed by atoms with E-state index in [0.29, 0.717) is 36.7 Å². The molecule has 1 atom stereocenters. The fourth-order valence-electron chi connectivity index (χ4n) is 4.36. The maximum Gasteiger partial charge on any atom is 0.254 e. The number of likely N-dealkylation sites (tertiary alicyclic amines) is 2. The Morgan fingerprint density at radius 1 is 0.968 bits per heavy atom. The number of hydrogen-bond acceptors (Lipinski definition) is 5. The molecule has 2 aliphatic heterocycles. The van der Waals surface area contributed by atoms with Crippen molar-refractivity contribution in [3.8, 4) is 0 Å². The molecule has 162 valence electrons. The molecule has 2 aliphatic rings. The third kappa shape index (κ3) is 4.52. The number of piperidine rings is 1. The zero-order chi connectivity index (χ0) is 22.0. The van der Waals surface area contributed by atoms with Crippen molar-refractivity contribution in [2.75, 3.05) is 26.2 Å². The van der Waals surface area contributed by atoms with Crippen molar-refractivity contribution in [3.63, 3.8) is 0 Å². The summed E-state index contributed by atoms with van der Waals surface area (Å²) in [6.07, 6.45) is 0.638. The summed E-state index contributed by atoms with van der Waals surface area (Å²) < 4.78 is 0. The van der Waals surface area contributed by atoms with Gasteiger partial charge in [0.05, 0.1) is 13.1 Å². The second kappa shape index (κ2) is 8.99. The Kier molecular flexibility index (Phi) is 6.15. The van der Waals surface area contributed by atoms with Crippen molar-refractivity contribution in [2.45, 2.75) is 31.4 Å². The first-order valence-electron chi connectivity index (χ1n) is 10.6. The predicted octanol–water partition coefficient (Wildman–Crippen LogP) is 1.55. The zero-order valence-corrected chi connectivity index (χ0v) is 17.4. The van der Waals surface area contributed by atoms with Crippen LogP contribution in [0.3, 0.4) is 0 Å². The highest BCUT2D eigenvalue weighted by atomic mass is 16.3. The molecule has 0 spiro atoms. The summed E-state index contributed by atoms with van der Waals surface area (Å²) in [6.45, 7) is 1.72. The van der Waals surface area contributed by atoms with E-state index in [9.17, 15) is 19.5 Å². The molecule has 31 heavy (non-hydrogen) atoms. The topological polar surface area (TPSA) is 104 Å². The molecule has 0 radical (unpaired) electrons. The summed E-state index contributed by atoms with van der Waals surface area (Å²) in [5, 5.41) is 9.60. The minimum absolute atomic E-state index is 0.00525. The summed E-state index contributed by atoms with van der Waals surface area (Å²) in [6, 6.07) is 14.9. The molecule has 4 rings (SSSR count). The second-order valence-electron chi connectivity index (χ2n) is 8.26. The van der Waals surface area contributed by atoms with Crippen LogP contribution in [0.4, 0.5) is 0 Å². The van der Waals surface area contributed by atoms with Crippen LogP contribution in [-0.4, -0.2) is 64.8 Å². The molecule has 2 heterocycles. The van der Waals surface area contributed by atoms with Crippen molar-refractivity contribution >= 4 is 17.6 Å². The lowest BCUT2D eigenvalue weighted by molar-refractivity contribution is -0.123. The van der Waals surface area contributed by atoms with E-state index in [1.165, 1.54) is 10.5 Å². The number of amides is 2. The summed E-state index contributed by atoms with van der Waals surface area (Å²) >= 11 is 0.